The third-order valence-corrected chi connectivity index (χ3v) is 4.28. The molecule has 7 heteroatoms. The van der Waals surface area contributed by atoms with Crippen molar-refractivity contribution in [3.8, 4) is 11.6 Å². The number of amides is 1. The van der Waals surface area contributed by atoms with Gasteiger partial charge >= 0.3 is 0 Å². The van der Waals surface area contributed by atoms with Crippen LogP contribution in [0.15, 0.2) is 47.2 Å². The molecule has 0 fully saturated rings. The summed E-state index contributed by atoms with van der Waals surface area (Å²) in [7, 11) is 1.53. The van der Waals surface area contributed by atoms with Crippen LogP contribution >= 0.6 is 0 Å². The number of pyridine rings is 1. The highest BCUT2D eigenvalue weighted by molar-refractivity contribution is 6.02. The number of benzene rings is 1. The molecule has 2 rings (SSSR count). The first-order valence-electron chi connectivity index (χ1n) is 8.39. The molecule has 0 radical (unpaired) electrons. The Morgan fingerprint density at radius 1 is 1.26 bits per heavy atom. The molecule has 27 heavy (non-hydrogen) atoms. The molecule has 1 aromatic carbocycles. The summed E-state index contributed by atoms with van der Waals surface area (Å²) in [6.45, 7) is 5.31. The molecular formula is C20H24N4O3. The zero-order chi connectivity index (χ0) is 20.1. The van der Waals surface area contributed by atoms with Gasteiger partial charge in [0.15, 0.2) is 0 Å². The van der Waals surface area contributed by atoms with E-state index in [1.807, 2.05) is 13.8 Å². The molecule has 0 spiro atoms. The topological polar surface area (TPSA) is 124 Å². The Morgan fingerprint density at radius 3 is 2.59 bits per heavy atom. The van der Waals surface area contributed by atoms with Gasteiger partial charge in [-0.25, -0.2) is 4.98 Å². The maximum absolute atomic E-state index is 11.7. The molecule has 1 aromatic heterocycles. The monoisotopic (exact) mass is 368 g/mol. The highest BCUT2D eigenvalue weighted by Gasteiger charge is 2.19. The smallest absolute Gasteiger partial charge is 0.226 e. The number of nitrogens with two attached hydrogens (primary N) is 2. The zero-order valence-corrected chi connectivity index (χ0v) is 15.9. The van der Waals surface area contributed by atoms with Crippen LogP contribution < -0.4 is 16.2 Å². The van der Waals surface area contributed by atoms with Gasteiger partial charge in [0.25, 0.3) is 0 Å². The van der Waals surface area contributed by atoms with Crippen molar-refractivity contribution in [2.75, 3.05) is 7.11 Å². The number of phenolic OH excluding ortho intramolecular Hbond substituents is 1. The number of aryl methyl sites for hydroxylation is 1. The first kappa shape index (κ1) is 20.0. The largest absolute Gasteiger partial charge is 0.508 e. The number of carbonyl (C=O) groups excluding carboxylic acids is 1. The average Bonchev–Trinajstić information content (AvgIpc) is 2.66. The normalized spacial score (nSPS) is 13.7. The van der Waals surface area contributed by atoms with Crippen molar-refractivity contribution in [1.29, 1.82) is 0 Å². The minimum absolute atomic E-state index is 0.0751. The van der Waals surface area contributed by atoms with Gasteiger partial charge in [0.05, 0.1) is 18.7 Å². The van der Waals surface area contributed by atoms with Gasteiger partial charge in [-0.15, -0.1) is 0 Å². The van der Waals surface area contributed by atoms with Crippen molar-refractivity contribution in [3.05, 3.63) is 58.9 Å². The quantitative estimate of drug-likeness (QED) is 0.675. The van der Waals surface area contributed by atoms with Crippen molar-refractivity contribution in [2.24, 2.45) is 22.4 Å². The van der Waals surface area contributed by atoms with Gasteiger partial charge in [-0.1, -0.05) is 6.07 Å². The number of ether oxygens (including phenoxy) is 1. The lowest BCUT2D eigenvalue weighted by atomic mass is 9.98. The van der Waals surface area contributed by atoms with Crippen LogP contribution in [-0.2, 0) is 4.79 Å². The molecular weight excluding hydrogens is 344 g/mol. The number of nitrogens with zero attached hydrogens (tertiary/aromatic N) is 2. The maximum Gasteiger partial charge on any atom is 0.226 e. The summed E-state index contributed by atoms with van der Waals surface area (Å²) in [5, 5.41) is 9.91. The number of aromatic hydroxyl groups is 1. The second kappa shape index (κ2) is 8.35. The highest BCUT2D eigenvalue weighted by atomic mass is 16.5. The average molecular weight is 368 g/mol. The Kier molecular flexibility index (Phi) is 6.18. The van der Waals surface area contributed by atoms with E-state index in [0.29, 0.717) is 22.9 Å². The van der Waals surface area contributed by atoms with E-state index in [1.54, 1.807) is 43.5 Å². The Bertz CT molecular complexity index is 919. The molecule has 7 nitrogen and oxygen atoms in total. The van der Waals surface area contributed by atoms with Crippen LogP contribution in [0, 0.1) is 12.8 Å². The second-order valence-electron chi connectivity index (χ2n) is 6.21. The Balaban J connectivity index is 2.67. The summed E-state index contributed by atoms with van der Waals surface area (Å²) in [5.74, 6) is -0.739. The second-order valence-corrected chi connectivity index (χ2v) is 6.21. The van der Waals surface area contributed by atoms with E-state index < -0.39 is 11.8 Å². The van der Waals surface area contributed by atoms with Gasteiger partial charge in [-0.05, 0) is 44.5 Å². The summed E-state index contributed by atoms with van der Waals surface area (Å²) in [6, 6.07) is 8.44. The number of methoxy groups -OCH3 is 1. The molecule has 1 atom stereocenters. The van der Waals surface area contributed by atoms with Gasteiger partial charge in [-0.3, -0.25) is 9.79 Å². The van der Waals surface area contributed by atoms with Gasteiger partial charge in [0.2, 0.25) is 11.8 Å². The van der Waals surface area contributed by atoms with Gasteiger partial charge in [0.1, 0.15) is 5.75 Å². The molecule has 1 unspecified atom stereocenters. The number of aliphatic imine (C=N–C) groups is 1. The standard InChI is InChI=1S/C20H24N4O3/c1-11-5-6-15(25)10-16(11)19(18(21)12(2)20(22)26)24-13(3)14-7-8-23-17(9-14)27-4/h5-10,12,25H,21H2,1-4H3,(H2,22,26)/b19-18+,24-13?. The predicted molar refractivity (Wildman–Crippen MR) is 105 cm³/mol. The number of rotatable bonds is 6. The third-order valence-electron chi connectivity index (χ3n) is 4.28. The van der Waals surface area contributed by atoms with Crippen LogP contribution in [0.1, 0.15) is 30.5 Å². The lowest BCUT2D eigenvalue weighted by molar-refractivity contribution is -0.120. The Hall–Kier alpha value is -3.35. The van der Waals surface area contributed by atoms with E-state index >= 15 is 0 Å². The molecule has 0 saturated carbocycles. The summed E-state index contributed by atoms with van der Waals surface area (Å²) in [4.78, 5) is 20.4. The number of hydrogen-bond donors (Lipinski definition) is 3. The number of aromatic nitrogens is 1. The Morgan fingerprint density at radius 2 is 1.96 bits per heavy atom. The molecule has 0 aliphatic heterocycles. The fraction of sp³-hybridized carbons (Fsp3) is 0.250. The zero-order valence-electron chi connectivity index (χ0n) is 15.9. The van der Waals surface area contributed by atoms with Gasteiger partial charge in [-0.2, -0.15) is 0 Å². The van der Waals surface area contributed by atoms with Crippen LogP contribution in [0.2, 0.25) is 0 Å². The van der Waals surface area contributed by atoms with Crippen LogP contribution in [0.3, 0.4) is 0 Å². The van der Waals surface area contributed by atoms with Crippen molar-refractivity contribution in [1.82, 2.24) is 4.98 Å². The lowest BCUT2D eigenvalue weighted by Gasteiger charge is -2.16. The first-order chi connectivity index (χ1) is 12.7. The fourth-order valence-corrected chi connectivity index (χ4v) is 2.48. The van der Waals surface area contributed by atoms with Crippen molar-refractivity contribution in [2.45, 2.75) is 20.8 Å². The molecule has 0 aliphatic carbocycles. The summed E-state index contributed by atoms with van der Waals surface area (Å²) < 4.78 is 5.15. The number of hydrogen-bond acceptors (Lipinski definition) is 6. The molecule has 0 bridgehead atoms. The van der Waals surface area contributed by atoms with E-state index in [9.17, 15) is 9.90 Å². The lowest BCUT2D eigenvalue weighted by Crippen LogP contribution is -2.26. The van der Waals surface area contributed by atoms with Crippen molar-refractivity contribution >= 4 is 17.3 Å². The summed E-state index contributed by atoms with van der Waals surface area (Å²) in [6.07, 6.45) is 1.62. The molecule has 0 aliphatic rings. The van der Waals surface area contributed by atoms with Crippen LogP contribution in [0.25, 0.3) is 5.70 Å². The summed E-state index contributed by atoms with van der Waals surface area (Å²) in [5.41, 5.74) is 15.2. The maximum atomic E-state index is 11.7. The fourth-order valence-electron chi connectivity index (χ4n) is 2.48. The van der Waals surface area contributed by atoms with E-state index in [0.717, 1.165) is 11.1 Å². The highest BCUT2D eigenvalue weighted by Crippen LogP contribution is 2.29. The van der Waals surface area contributed by atoms with Gasteiger partial charge < -0.3 is 21.3 Å². The SMILES string of the molecule is COc1cc(C(C)=N/C(=C(/N)C(C)C(N)=O)c2cc(O)ccc2C)ccn1. The van der Waals surface area contributed by atoms with Crippen molar-refractivity contribution in [3.63, 3.8) is 0 Å². The molecule has 142 valence electrons. The number of primary amides is 1. The van der Waals surface area contributed by atoms with Crippen LogP contribution in [0.4, 0.5) is 0 Å². The summed E-state index contributed by atoms with van der Waals surface area (Å²) >= 11 is 0. The number of carbonyl (C=O) groups is 1. The van der Waals surface area contributed by atoms with Crippen molar-refractivity contribution < 1.29 is 14.6 Å². The Labute approximate surface area is 158 Å². The predicted octanol–water partition coefficient (Wildman–Crippen LogP) is 2.36. The first-order valence-corrected chi connectivity index (χ1v) is 8.39. The molecule has 2 aromatic rings. The van der Waals surface area contributed by atoms with Gasteiger partial charge in [0, 0.05) is 34.8 Å². The molecule has 5 N–H and O–H groups in total. The van der Waals surface area contributed by atoms with E-state index in [-0.39, 0.29) is 11.4 Å². The molecule has 1 amide bonds. The number of phenols is 1. The third kappa shape index (κ3) is 4.63. The van der Waals surface area contributed by atoms with E-state index in [4.69, 9.17) is 16.2 Å². The molecule has 1 heterocycles. The minimum Gasteiger partial charge on any atom is -0.508 e. The minimum atomic E-state index is -0.717. The van der Waals surface area contributed by atoms with E-state index in [2.05, 4.69) is 9.98 Å². The van der Waals surface area contributed by atoms with Crippen LogP contribution in [-0.4, -0.2) is 28.8 Å². The molecule has 0 saturated heterocycles. The van der Waals surface area contributed by atoms with Crippen LogP contribution in [0.5, 0.6) is 11.6 Å². The van der Waals surface area contributed by atoms with E-state index in [1.165, 1.54) is 7.11 Å².